The molecule has 4 rings (SSSR count). The van der Waals surface area contributed by atoms with Gasteiger partial charge in [0.05, 0.1) is 11.3 Å². The van der Waals surface area contributed by atoms with Gasteiger partial charge in [-0.25, -0.2) is 4.98 Å². The molecule has 0 unspecified atom stereocenters. The Labute approximate surface area is 202 Å². The highest BCUT2D eigenvalue weighted by Crippen LogP contribution is 2.25. The zero-order valence-electron chi connectivity index (χ0n) is 20.2. The van der Waals surface area contributed by atoms with E-state index in [0.29, 0.717) is 29.7 Å². The molecule has 34 heavy (non-hydrogen) atoms. The molecule has 1 fully saturated rings. The van der Waals surface area contributed by atoms with Crippen LogP contribution in [0.5, 0.6) is 0 Å². The molecule has 0 atom stereocenters. The SMILES string of the molecule is Cc1ccccc1CNc1cc(Nc2ccc(N3CCN(C(C)C)CC3)cc2)ncc1C(N)=O. The number of nitrogens with one attached hydrogen (secondary N) is 2. The Bertz CT molecular complexity index is 1120. The highest BCUT2D eigenvalue weighted by atomic mass is 16.1. The van der Waals surface area contributed by atoms with Gasteiger partial charge in [-0.05, 0) is 56.2 Å². The van der Waals surface area contributed by atoms with Crippen molar-refractivity contribution < 1.29 is 4.79 Å². The number of pyridine rings is 1. The Morgan fingerprint density at radius 1 is 1.06 bits per heavy atom. The number of carbonyl (C=O) groups is 1. The monoisotopic (exact) mass is 458 g/mol. The van der Waals surface area contributed by atoms with E-state index in [2.05, 4.69) is 82.6 Å². The number of hydrogen-bond acceptors (Lipinski definition) is 6. The first kappa shape index (κ1) is 23.6. The van der Waals surface area contributed by atoms with E-state index in [1.54, 1.807) is 0 Å². The first-order chi connectivity index (χ1) is 16.4. The highest BCUT2D eigenvalue weighted by Gasteiger charge is 2.19. The summed E-state index contributed by atoms with van der Waals surface area (Å²) in [5, 5.41) is 6.69. The van der Waals surface area contributed by atoms with E-state index in [1.807, 2.05) is 18.2 Å². The fraction of sp³-hybridized carbons (Fsp3) is 0.333. The minimum atomic E-state index is -0.506. The summed E-state index contributed by atoms with van der Waals surface area (Å²) < 4.78 is 0. The number of aromatic nitrogens is 1. The summed E-state index contributed by atoms with van der Waals surface area (Å²) in [6.45, 7) is 11.4. The van der Waals surface area contributed by atoms with Gasteiger partial charge in [0.2, 0.25) is 0 Å². The lowest BCUT2D eigenvalue weighted by Gasteiger charge is -2.38. The van der Waals surface area contributed by atoms with Crippen LogP contribution in [0.1, 0.15) is 35.3 Å². The van der Waals surface area contributed by atoms with Crippen molar-refractivity contribution in [3.05, 3.63) is 77.5 Å². The Kier molecular flexibility index (Phi) is 7.33. The quantitative estimate of drug-likeness (QED) is 0.465. The number of aryl methyl sites for hydroxylation is 1. The fourth-order valence-electron chi connectivity index (χ4n) is 4.27. The predicted octanol–water partition coefficient (Wildman–Crippen LogP) is 4.38. The van der Waals surface area contributed by atoms with Crippen LogP contribution in [0.25, 0.3) is 0 Å². The van der Waals surface area contributed by atoms with Crippen LogP contribution in [-0.4, -0.2) is 48.0 Å². The van der Waals surface area contributed by atoms with Crippen molar-refractivity contribution in [2.75, 3.05) is 41.7 Å². The van der Waals surface area contributed by atoms with Crippen LogP contribution in [0.3, 0.4) is 0 Å². The molecule has 1 amide bonds. The summed E-state index contributed by atoms with van der Waals surface area (Å²) in [7, 11) is 0. The lowest BCUT2D eigenvalue weighted by Crippen LogP contribution is -2.48. The van der Waals surface area contributed by atoms with Crippen LogP contribution >= 0.6 is 0 Å². The maximum atomic E-state index is 11.9. The van der Waals surface area contributed by atoms with Crippen molar-refractivity contribution in [1.82, 2.24) is 9.88 Å². The minimum Gasteiger partial charge on any atom is -0.380 e. The summed E-state index contributed by atoms with van der Waals surface area (Å²) in [4.78, 5) is 21.3. The smallest absolute Gasteiger partial charge is 0.252 e. The number of amides is 1. The summed E-state index contributed by atoms with van der Waals surface area (Å²) >= 11 is 0. The second-order valence-corrected chi connectivity index (χ2v) is 9.05. The second-order valence-electron chi connectivity index (χ2n) is 9.05. The molecule has 0 radical (unpaired) electrons. The van der Waals surface area contributed by atoms with Gasteiger partial charge in [-0.2, -0.15) is 0 Å². The van der Waals surface area contributed by atoms with Gasteiger partial charge in [-0.1, -0.05) is 24.3 Å². The second kappa shape index (κ2) is 10.6. The van der Waals surface area contributed by atoms with Crippen LogP contribution in [-0.2, 0) is 6.54 Å². The van der Waals surface area contributed by atoms with Gasteiger partial charge in [0.25, 0.3) is 5.91 Å². The molecular weight excluding hydrogens is 424 g/mol. The lowest BCUT2D eigenvalue weighted by molar-refractivity contribution is 0.100. The summed E-state index contributed by atoms with van der Waals surface area (Å²) in [6, 6.07) is 19.0. The average Bonchev–Trinajstić information content (AvgIpc) is 2.84. The van der Waals surface area contributed by atoms with E-state index >= 15 is 0 Å². The third-order valence-corrected chi connectivity index (χ3v) is 6.45. The Hall–Kier alpha value is -3.58. The number of nitrogens with zero attached hydrogens (tertiary/aromatic N) is 3. The first-order valence-corrected chi connectivity index (χ1v) is 11.8. The van der Waals surface area contributed by atoms with Crippen LogP contribution < -0.4 is 21.3 Å². The molecule has 4 N–H and O–H groups in total. The molecule has 1 aliphatic rings. The number of hydrogen-bond donors (Lipinski definition) is 3. The number of nitrogens with two attached hydrogens (primary N) is 1. The molecule has 2 heterocycles. The van der Waals surface area contributed by atoms with Crippen molar-refractivity contribution in [3.63, 3.8) is 0 Å². The number of carbonyl (C=O) groups excluding carboxylic acids is 1. The van der Waals surface area contributed by atoms with Crippen LogP contribution in [0.2, 0.25) is 0 Å². The van der Waals surface area contributed by atoms with E-state index in [9.17, 15) is 4.79 Å². The molecular formula is C27H34N6O. The fourth-order valence-corrected chi connectivity index (χ4v) is 4.27. The molecule has 3 aromatic rings. The molecule has 7 nitrogen and oxygen atoms in total. The summed E-state index contributed by atoms with van der Waals surface area (Å²) in [6.07, 6.45) is 1.52. The van der Waals surface area contributed by atoms with E-state index in [4.69, 9.17) is 5.73 Å². The van der Waals surface area contributed by atoms with Gasteiger partial charge in [0, 0.05) is 62.4 Å². The van der Waals surface area contributed by atoms with Crippen LogP contribution in [0, 0.1) is 6.92 Å². The summed E-state index contributed by atoms with van der Waals surface area (Å²) in [5.41, 5.74) is 11.1. The standard InChI is InChI=1S/C27H34N6O/c1-19(2)32-12-14-33(15-13-32)23-10-8-22(9-11-23)31-26-16-25(24(18-30-26)27(28)34)29-17-21-7-5-4-6-20(21)3/h4-11,16,18-19H,12-15,17H2,1-3H3,(H2,28,34)(H2,29,30,31). The largest absolute Gasteiger partial charge is 0.380 e. The number of primary amides is 1. The molecule has 2 aromatic carbocycles. The molecule has 0 aliphatic carbocycles. The highest BCUT2D eigenvalue weighted by molar-refractivity contribution is 5.98. The molecule has 1 aromatic heterocycles. The first-order valence-electron chi connectivity index (χ1n) is 11.8. The van der Waals surface area contributed by atoms with E-state index in [0.717, 1.165) is 37.4 Å². The van der Waals surface area contributed by atoms with Crippen molar-refractivity contribution in [2.45, 2.75) is 33.4 Å². The molecule has 0 spiro atoms. The van der Waals surface area contributed by atoms with Crippen molar-refractivity contribution in [1.29, 1.82) is 0 Å². The maximum absolute atomic E-state index is 11.9. The molecule has 0 bridgehead atoms. The molecule has 178 valence electrons. The molecule has 7 heteroatoms. The number of anilines is 4. The normalized spacial score (nSPS) is 14.3. The van der Waals surface area contributed by atoms with Crippen LogP contribution in [0.15, 0.2) is 60.8 Å². The molecule has 1 saturated heterocycles. The van der Waals surface area contributed by atoms with Crippen molar-refractivity contribution >= 4 is 28.8 Å². The zero-order valence-corrected chi connectivity index (χ0v) is 20.2. The maximum Gasteiger partial charge on any atom is 0.252 e. The number of rotatable bonds is 8. The van der Waals surface area contributed by atoms with Crippen LogP contribution in [0.4, 0.5) is 22.9 Å². The van der Waals surface area contributed by atoms with Crippen molar-refractivity contribution in [2.24, 2.45) is 5.73 Å². The lowest BCUT2D eigenvalue weighted by atomic mass is 10.1. The van der Waals surface area contributed by atoms with Gasteiger partial charge in [-0.3, -0.25) is 9.69 Å². The Morgan fingerprint density at radius 2 is 1.76 bits per heavy atom. The van der Waals surface area contributed by atoms with E-state index in [1.165, 1.54) is 17.4 Å². The third kappa shape index (κ3) is 5.66. The number of benzene rings is 2. The average molecular weight is 459 g/mol. The molecule has 0 saturated carbocycles. The zero-order chi connectivity index (χ0) is 24.1. The van der Waals surface area contributed by atoms with Crippen molar-refractivity contribution in [3.8, 4) is 0 Å². The van der Waals surface area contributed by atoms with E-state index in [-0.39, 0.29) is 0 Å². The number of piperazine rings is 1. The predicted molar refractivity (Wildman–Crippen MR) is 140 cm³/mol. The van der Waals surface area contributed by atoms with Gasteiger partial charge in [0.1, 0.15) is 5.82 Å². The topological polar surface area (TPSA) is 86.5 Å². The minimum absolute atomic E-state index is 0.370. The van der Waals surface area contributed by atoms with E-state index < -0.39 is 5.91 Å². The Morgan fingerprint density at radius 3 is 2.41 bits per heavy atom. The van der Waals surface area contributed by atoms with Gasteiger partial charge in [0.15, 0.2) is 0 Å². The van der Waals surface area contributed by atoms with Gasteiger partial charge >= 0.3 is 0 Å². The molecule has 1 aliphatic heterocycles. The Balaban J connectivity index is 1.43. The van der Waals surface area contributed by atoms with Gasteiger partial charge in [-0.15, -0.1) is 0 Å². The van der Waals surface area contributed by atoms with Gasteiger partial charge < -0.3 is 21.3 Å². The third-order valence-electron chi connectivity index (χ3n) is 6.45. The summed E-state index contributed by atoms with van der Waals surface area (Å²) in [5.74, 6) is 0.142.